The van der Waals surface area contributed by atoms with Gasteiger partial charge in [-0.05, 0) is 48.4 Å². The van der Waals surface area contributed by atoms with Crippen LogP contribution in [0.1, 0.15) is 34.5 Å². The molecule has 2 aliphatic rings. The number of aromatic nitrogens is 1. The number of rotatable bonds is 3. The molecule has 0 bridgehead atoms. The summed E-state index contributed by atoms with van der Waals surface area (Å²) in [7, 11) is 0. The third-order valence-corrected chi connectivity index (χ3v) is 4.98. The van der Waals surface area contributed by atoms with Crippen LogP contribution in [0.15, 0.2) is 42.6 Å². The minimum absolute atomic E-state index is 0.00309. The second-order valence-corrected chi connectivity index (χ2v) is 6.01. The molecule has 1 amide bonds. The van der Waals surface area contributed by atoms with E-state index in [1.807, 2.05) is 12.1 Å². The van der Waals surface area contributed by atoms with Crippen LogP contribution in [0, 0.1) is 5.92 Å². The number of nitrogens with one attached hydrogen (secondary N) is 2. The summed E-state index contributed by atoms with van der Waals surface area (Å²) in [6.07, 6.45) is 5.43. The zero-order valence-electron chi connectivity index (χ0n) is 11.4. The molecule has 0 aliphatic heterocycles. The predicted molar refractivity (Wildman–Crippen MR) is 77.7 cm³/mol. The number of fused-ring (bicyclic) bond motifs is 2. The molecular formula is C17H18N2O. The third-order valence-electron chi connectivity index (χ3n) is 4.98. The average molecular weight is 266 g/mol. The Morgan fingerprint density at radius 1 is 1.30 bits per heavy atom. The van der Waals surface area contributed by atoms with Gasteiger partial charge in [0.2, 0.25) is 0 Å². The minimum atomic E-state index is 0.00309. The van der Waals surface area contributed by atoms with Crippen LogP contribution < -0.4 is 5.32 Å². The van der Waals surface area contributed by atoms with Crippen molar-refractivity contribution in [3.63, 3.8) is 0 Å². The minimum Gasteiger partial charge on any atom is -0.357 e. The van der Waals surface area contributed by atoms with Crippen LogP contribution in [0.3, 0.4) is 0 Å². The largest absolute Gasteiger partial charge is 0.357 e. The summed E-state index contributed by atoms with van der Waals surface area (Å²) in [5.74, 6) is 0.605. The predicted octanol–water partition coefficient (Wildman–Crippen LogP) is 2.65. The Kier molecular flexibility index (Phi) is 2.49. The lowest BCUT2D eigenvalue weighted by molar-refractivity contribution is 0.0946. The number of hydrogen-bond donors (Lipinski definition) is 2. The summed E-state index contributed by atoms with van der Waals surface area (Å²) in [5.41, 5.74) is 4.04. The van der Waals surface area contributed by atoms with Gasteiger partial charge in [0.05, 0.1) is 0 Å². The van der Waals surface area contributed by atoms with Gasteiger partial charge in [-0.1, -0.05) is 24.3 Å². The topological polar surface area (TPSA) is 44.9 Å². The monoisotopic (exact) mass is 266 g/mol. The van der Waals surface area contributed by atoms with Crippen LogP contribution in [0.25, 0.3) is 0 Å². The number of carbonyl (C=O) groups excluding carboxylic acids is 1. The molecular weight excluding hydrogens is 248 g/mol. The summed E-state index contributed by atoms with van der Waals surface area (Å²) in [4.78, 5) is 14.9. The van der Waals surface area contributed by atoms with E-state index in [0.29, 0.717) is 17.0 Å². The van der Waals surface area contributed by atoms with Gasteiger partial charge in [0.15, 0.2) is 0 Å². The quantitative estimate of drug-likeness (QED) is 0.881. The summed E-state index contributed by atoms with van der Waals surface area (Å²) >= 11 is 0. The fraction of sp³-hybridized carbons (Fsp3) is 0.353. The molecule has 0 radical (unpaired) electrons. The molecule has 102 valence electrons. The van der Waals surface area contributed by atoms with Crippen molar-refractivity contribution in [2.75, 3.05) is 6.54 Å². The van der Waals surface area contributed by atoms with Gasteiger partial charge in [-0.25, -0.2) is 0 Å². The van der Waals surface area contributed by atoms with E-state index in [9.17, 15) is 4.79 Å². The standard InChI is InChI=1S/C17H18N2O/c20-16(15-6-3-9-18-15)19-11-13-10-17(13)8-7-12-4-1-2-5-14(12)17/h1-6,9,13,18H,7-8,10-11H2,(H,19,20)/t13-,17-/m0/s1. The molecule has 1 fully saturated rings. The molecule has 20 heavy (non-hydrogen) atoms. The first-order valence-corrected chi connectivity index (χ1v) is 7.29. The van der Waals surface area contributed by atoms with Gasteiger partial charge >= 0.3 is 0 Å². The van der Waals surface area contributed by atoms with Crippen LogP contribution in [-0.2, 0) is 11.8 Å². The molecule has 1 heterocycles. The molecule has 1 saturated carbocycles. The van der Waals surface area contributed by atoms with Crippen molar-refractivity contribution in [1.29, 1.82) is 0 Å². The van der Waals surface area contributed by atoms with Gasteiger partial charge in [0.25, 0.3) is 5.91 Å². The van der Waals surface area contributed by atoms with Crippen LogP contribution in [0.2, 0.25) is 0 Å². The van der Waals surface area contributed by atoms with Crippen molar-refractivity contribution in [2.24, 2.45) is 5.92 Å². The second kappa shape index (κ2) is 4.23. The number of aryl methyl sites for hydroxylation is 1. The zero-order valence-corrected chi connectivity index (χ0v) is 11.4. The maximum Gasteiger partial charge on any atom is 0.267 e. The first kappa shape index (κ1) is 11.8. The molecule has 1 spiro atoms. The van der Waals surface area contributed by atoms with Crippen molar-refractivity contribution < 1.29 is 4.79 Å². The van der Waals surface area contributed by atoms with Gasteiger partial charge in [0, 0.05) is 18.2 Å². The van der Waals surface area contributed by atoms with Crippen LogP contribution >= 0.6 is 0 Å². The maximum atomic E-state index is 11.9. The van der Waals surface area contributed by atoms with Crippen molar-refractivity contribution in [3.05, 3.63) is 59.4 Å². The Morgan fingerprint density at radius 2 is 2.20 bits per heavy atom. The highest BCUT2D eigenvalue weighted by Gasteiger charge is 2.57. The van der Waals surface area contributed by atoms with E-state index < -0.39 is 0 Å². The van der Waals surface area contributed by atoms with E-state index in [-0.39, 0.29) is 5.91 Å². The van der Waals surface area contributed by atoms with Gasteiger partial charge in [0.1, 0.15) is 5.69 Å². The van der Waals surface area contributed by atoms with Crippen LogP contribution in [0.4, 0.5) is 0 Å². The van der Waals surface area contributed by atoms with E-state index >= 15 is 0 Å². The third kappa shape index (κ3) is 1.69. The Hall–Kier alpha value is -2.03. The van der Waals surface area contributed by atoms with Gasteiger partial charge in [-0.15, -0.1) is 0 Å². The highest BCUT2D eigenvalue weighted by molar-refractivity contribution is 5.92. The maximum absolute atomic E-state index is 11.9. The lowest BCUT2D eigenvalue weighted by atomic mass is 9.95. The molecule has 1 aromatic heterocycles. The molecule has 1 aromatic carbocycles. The Morgan fingerprint density at radius 3 is 3.05 bits per heavy atom. The number of carbonyl (C=O) groups is 1. The van der Waals surface area contributed by atoms with Gasteiger partial charge in [-0.2, -0.15) is 0 Å². The molecule has 0 saturated heterocycles. The number of H-pyrrole nitrogens is 1. The van der Waals surface area contributed by atoms with Crippen molar-refractivity contribution in [3.8, 4) is 0 Å². The Balaban J connectivity index is 1.43. The number of benzene rings is 1. The lowest BCUT2D eigenvalue weighted by Crippen LogP contribution is -2.27. The van der Waals surface area contributed by atoms with Crippen LogP contribution in [0.5, 0.6) is 0 Å². The van der Waals surface area contributed by atoms with Crippen LogP contribution in [-0.4, -0.2) is 17.4 Å². The average Bonchev–Trinajstić information content (AvgIpc) is 2.83. The summed E-state index contributed by atoms with van der Waals surface area (Å²) in [6.45, 7) is 0.784. The van der Waals surface area contributed by atoms with E-state index in [2.05, 4.69) is 34.6 Å². The molecule has 2 atom stereocenters. The second-order valence-electron chi connectivity index (χ2n) is 6.01. The number of amides is 1. The molecule has 4 rings (SSSR count). The Bertz CT molecular complexity index is 647. The van der Waals surface area contributed by atoms with E-state index in [0.717, 1.165) is 6.54 Å². The number of hydrogen-bond acceptors (Lipinski definition) is 1. The first-order chi connectivity index (χ1) is 9.79. The summed E-state index contributed by atoms with van der Waals surface area (Å²) in [5, 5.41) is 3.06. The highest BCUT2D eigenvalue weighted by atomic mass is 16.1. The summed E-state index contributed by atoms with van der Waals surface area (Å²) < 4.78 is 0. The van der Waals surface area contributed by atoms with E-state index in [1.165, 1.54) is 30.4 Å². The zero-order chi connectivity index (χ0) is 13.6. The molecule has 2 aromatic rings. The van der Waals surface area contributed by atoms with E-state index in [1.54, 1.807) is 6.20 Å². The SMILES string of the molecule is O=C(NC[C@@H]1C[C@@]12CCc1ccccc12)c1ccc[nH]1. The Labute approximate surface area is 118 Å². The van der Waals surface area contributed by atoms with Crippen molar-refractivity contribution >= 4 is 5.91 Å². The van der Waals surface area contributed by atoms with Crippen molar-refractivity contribution in [2.45, 2.75) is 24.7 Å². The molecule has 2 aliphatic carbocycles. The summed E-state index contributed by atoms with van der Waals surface area (Å²) in [6, 6.07) is 12.4. The van der Waals surface area contributed by atoms with Crippen molar-refractivity contribution in [1.82, 2.24) is 10.3 Å². The molecule has 2 N–H and O–H groups in total. The van der Waals surface area contributed by atoms with Gasteiger partial charge < -0.3 is 10.3 Å². The molecule has 0 unspecified atom stereocenters. The molecule has 3 heteroatoms. The normalized spacial score (nSPS) is 26.5. The fourth-order valence-corrected chi connectivity index (χ4v) is 3.78. The number of aromatic amines is 1. The van der Waals surface area contributed by atoms with Gasteiger partial charge in [-0.3, -0.25) is 4.79 Å². The smallest absolute Gasteiger partial charge is 0.267 e. The first-order valence-electron chi connectivity index (χ1n) is 7.29. The fourth-order valence-electron chi connectivity index (χ4n) is 3.78. The van der Waals surface area contributed by atoms with E-state index in [4.69, 9.17) is 0 Å². The lowest BCUT2D eigenvalue weighted by Gasteiger charge is -2.12. The molecule has 3 nitrogen and oxygen atoms in total. The highest BCUT2D eigenvalue weighted by Crippen LogP contribution is 2.61.